The van der Waals surface area contributed by atoms with Gasteiger partial charge in [-0.15, -0.1) is 10.2 Å². The van der Waals surface area contributed by atoms with Gasteiger partial charge in [-0.3, -0.25) is 9.36 Å². The third kappa shape index (κ3) is 5.40. The van der Waals surface area contributed by atoms with Crippen LogP contribution in [0.15, 0.2) is 71.9 Å². The zero-order chi connectivity index (χ0) is 24.1. The fourth-order valence-electron chi connectivity index (χ4n) is 3.63. The molecule has 0 aliphatic carbocycles. The molecule has 0 atom stereocenters. The van der Waals surface area contributed by atoms with E-state index in [0.717, 1.165) is 39.6 Å². The molecule has 1 aromatic heterocycles. The van der Waals surface area contributed by atoms with Crippen LogP contribution < -0.4 is 14.8 Å². The van der Waals surface area contributed by atoms with Crippen LogP contribution in [0.25, 0.3) is 17.1 Å². The van der Waals surface area contributed by atoms with Crippen molar-refractivity contribution >= 4 is 23.4 Å². The predicted molar refractivity (Wildman–Crippen MR) is 135 cm³/mol. The van der Waals surface area contributed by atoms with E-state index in [4.69, 9.17) is 9.47 Å². The quantitative estimate of drug-likeness (QED) is 0.349. The standard InChI is InChI=1S/C26H26N4O3S/c1-17-13-18(2)15-20(14-17)27-24(31)16-34-26-29-28-25(19-5-9-22(32-3)10-6-19)30(26)21-7-11-23(33-4)12-8-21/h5-15H,16H2,1-4H3,(H,27,31). The van der Waals surface area contributed by atoms with E-state index in [1.807, 2.05) is 79.1 Å². The molecule has 0 aliphatic rings. The molecule has 8 heteroatoms. The van der Waals surface area contributed by atoms with Gasteiger partial charge in [0.05, 0.1) is 20.0 Å². The molecule has 0 aliphatic heterocycles. The Kier molecular flexibility index (Phi) is 7.18. The maximum absolute atomic E-state index is 12.7. The van der Waals surface area contributed by atoms with Crippen LogP contribution in [0.3, 0.4) is 0 Å². The predicted octanol–water partition coefficient (Wildman–Crippen LogP) is 5.30. The van der Waals surface area contributed by atoms with Crippen LogP contribution >= 0.6 is 11.8 Å². The first-order valence-corrected chi connectivity index (χ1v) is 11.7. The third-order valence-corrected chi connectivity index (χ3v) is 6.08. The zero-order valence-electron chi connectivity index (χ0n) is 19.5. The topological polar surface area (TPSA) is 78.3 Å². The number of aromatic nitrogens is 3. The molecular weight excluding hydrogens is 448 g/mol. The van der Waals surface area contributed by atoms with Gasteiger partial charge in [0, 0.05) is 16.9 Å². The molecular formula is C26H26N4O3S. The Hall–Kier alpha value is -3.78. The van der Waals surface area contributed by atoms with E-state index in [2.05, 4.69) is 21.6 Å². The Morgan fingerprint density at radius 1 is 0.882 bits per heavy atom. The molecule has 0 spiro atoms. The number of nitrogens with one attached hydrogen (secondary N) is 1. The van der Waals surface area contributed by atoms with Crippen LogP contribution in [-0.4, -0.2) is 40.6 Å². The number of aryl methyl sites for hydroxylation is 2. The zero-order valence-corrected chi connectivity index (χ0v) is 20.3. The second-order valence-electron chi connectivity index (χ2n) is 7.78. The van der Waals surface area contributed by atoms with Gasteiger partial charge in [0.25, 0.3) is 0 Å². The van der Waals surface area contributed by atoms with Gasteiger partial charge in [0.15, 0.2) is 11.0 Å². The number of methoxy groups -OCH3 is 2. The molecule has 0 unspecified atom stereocenters. The lowest BCUT2D eigenvalue weighted by Gasteiger charge is -2.12. The van der Waals surface area contributed by atoms with Crippen LogP contribution in [0, 0.1) is 13.8 Å². The van der Waals surface area contributed by atoms with Crippen LogP contribution in [0.4, 0.5) is 5.69 Å². The number of carbonyl (C=O) groups excluding carboxylic acids is 1. The minimum Gasteiger partial charge on any atom is -0.497 e. The van der Waals surface area contributed by atoms with E-state index in [0.29, 0.717) is 11.0 Å². The van der Waals surface area contributed by atoms with Crippen molar-refractivity contribution in [1.29, 1.82) is 0 Å². The molecule has 1 N–H and O–H groups in total. The van der Waals surface area contributed by atoms with E-state index in [1.165, 1.54) is 11.8 Å². The maximum atomic E-state index is 12.7. The molecule has 34 heavy (non-hydrogen) atoms. The third-order valence-electron chi connectivity index (χ3n) is 5.15. The number of anilines is 1. The van der Waals surface area contributed by atoms with Crippen molar-refractivity contribution < 1.29 is 14.3 Å². The summed E-state index contributed by atoms with van der Waals surface area (Å²) in [5.74, 6) is 2.28. The van der Waals surface area contributed by atoms with Crippen molar-refractivity contribution in [3.63, 3.8) is 0 Å². The Morgan fingerprint density at radius 3 is 2.06 bits per heavy atom. The van der Waals surface area contributed by atoms with Gasteiger partial charge in [-0.05, 0) is 85.6 Å². The summed E-state index contributed by atoms with van der Waals surface area (Å²) in [5, 5.41) is 12.4. The van der Waals surface area contributed by atoms with Crippen molar-refractivity contribution in [2.24, 2.45) is 0 Å². The number of benzene rings is 3. The van der Waals surface area contributed by atoms with E-state index >= 15 is 0 Å². The number of ether oxygens (including phenoxy) is 2. The van der Waals surface area contributed by atoms with Gasteiger partial charge in [0.1, 0.15) is 11.5 Å². The highest BCUT2D eigenvalue weighted by molar-refractivity contribution is 7.99. The average Bonchev–Trinajstić information content (AvgIpc) is 3.26. The molecule has 174 valence electrons. The molecule has 0 bridgehead atoms. The van der Waals surface area contributed by atoms with Gasteiger partial charge in [-0.2, -0.15) is 0 Å². The van der Waals surface area contributed by atoms with Gasteiger partial charge in [-0.25, -0.2) is 0 Å². The fraction of sp³-hybridized carbons (Fsp3) is 0.192. The molecule has 0 saturated heterocycles. The molecule has 0 radical (unpaired) electrons. The highest BCUT2D eigenvalue weighted by Crippen LogP contribution is 2.30. The lowest BCUT2D eigenvalue weighted by molar-refractivity contribution is -0.113. The Morgan fingerprint density at radius 2 is 1.47 bits per heavy atom. The first-order chi connectivity index (χ1) is 16.5. The number of amides is 1. The first-order valence-electron chi connectivity index (χ1n) is 10.7. The normalized spacial score (nSPS) is 10.7. The monoisotopic (exact) mass is 474 g/mol. The number of thioether (sulfide) groups is 1. The van der Waals surface area contributed by atoms with Crippen molar-refractivity contribution in [2.75, 3.05) is 25.3 Å². The summed E-state index contributed by atoms with van der Waals surface area (Å²) in [5.41, 5.74) is 4.75. The Balaban J connectivity index is 1.60. The number of carbonyl (C=O) groups is 1. The van der Waals surface area contributed by atoms with Crippen LogP contribution in [0.1, 0.15) is 11.1 Å². The van der Waals surface area contributed by atoms with Crippen LogP contribution in [0.5, 0.6) is 11.5 Å². The van der Waals surface area contributed by atoms with Gasteiger partial charge in [-0.1, -0.05) is 17.8 Å². The minimum absolute atomic E-state index is 0.106. The summed E-state index contributed by atoms with van der Waals surface area (Å²) in [4.78, 5) is 12.7. The lowest BCUT2D eigenvalue weighted by Crippen LogP contribution is -2.14. The minimum atomic E-state index is -0.106. The molecule has 1 amide bonds. The van der Waals surface area contributed by atoms with E-state index in [-0.39, 0.29) is 11.7 Å². The molecule has 3 aromatic carbocycles. The van der Waals surface area contributed by atoms with Gasteiger partial charge < -0.3 is 14.8 Å². The largest absolute Gasteiger partial charge is 0.497 e. The lowest BCUT2D eigenvalue weighted by atomic mass is 10.1. The highest BCUT2D eigenvalue weighted by atomic mass is 32.2. The smallest absolute Gasteiger partial charge is 0.234 e. The summed E-state index contributed by atoms with van der Waals surface area (Å²) in [6, 6.07) is 21.3. The van der Waals surface area contributed by atoms with Crippen LogP contribution in [0.2, 0.25) is 0 Å². The molecule has 4 rings (SSSR count). The van der Waals surface area contributed by atoms with Crippen molar-refractivity contribution in [1.82, 2.24) is 14.8 Å². The summed E-state index contributed by atoms with van der Waals surface area (Å²) >= 11 is 1.33. The van der Waals surface area contributed by atoms with E-state index < -0.39 is 0 Å². The molecule has 0 fully saturated rings. The van der Waals surface area contributed by atoms with E-state index in [1.54, 1.807) is 14.2 Å². The maximum Gasteiger partial charge on any atom is 0.234 e. The summed E-state index contributed by atoms with van der Waals surface area (Å²) in [6.45, 7) is 4.02. The molecule has 0 saturated carbocycles. The number of rotatable bonds is 8. The van der Waals surface area contributed by atoms with Gasteiger partial charge >= 0.3 is 0 Å². The van der Waals surface area contributed by atoms with E-state index in [9.17, 15) is 4.79 Å². The van der Waals surface area contributed by atoms with Crippen molar-refractivity contribution in [3.8, 4) is 28.6 Å². The number of nitrogens with zero attached hydrogens (tertiary/aromatic N) is 3. The SMILES string of the molecule is COc1ccc(-c2nnc(SCC(=O)Nc3cc(C)cc(C)c3)n2-c2ccc(OC)cc2)cc1. The summed E-state index contributed by atoms with van der Waals surface area (Å²) in [7, 11) is 3.26. The van der Waals surface area contributed by atoms with Gasteiger partial charge in [0.2, 0.25) is 5.91 Å². The highest BCUT2D eigenvalue weighted by Gasteiger charge is 2.18. The number of hydrogen-bond donors (Lipinski definition) is 1. The summed E-state index contributed by atoms with van der Waals surface area (Å²) < 4.78 is 12.5. The van der Waals surface area contributed by atoms with Crippen molar-refractivity contribution in [2.45, 2.75) is 19.0 Å². The fourth-order valence-corrected chi connectivity index (χ4v) is 4.38. The Labute approximate surface area is 203 Å². The second-order valence-corrected chi connectivity index (χ2v) is 8.72. The average molecular weight is 475 g/mol. The van der Waals surface area contributed by atoms with Crippen LogP contribution in [-0.2, 0) is 4.79 Å². The van der Waals surface area contributed by atoms with Crippen molar-refractivity contribution in [3.05, 3.63) is 77.9 Å². The molecule has 1 heterocycles. The first kappa shape index (κ1) is 23.4. The summed E-state index contributed by atoms with van der Waals surface area (Å²) in [6.07, 6.45) is 0. The Bertz CT molecular complexity index is 1260. The second kappa shape index (κ2) is 10.4. The number of hydrogen-bond acceptors (Lipinski definition) is 6. The molecule has 4 aromatic rings. The molecule has 7 nitrogen and oxygen atoms in total.